The third-order valence-electron chi connectivity index (χ3n) is 1.64. The van der Waals surface area contributed by atoms with E-state index >= 15 is 0 Å². The highest BCUT2D eigenvalue weighted by molar-refractivity contribution is 5.89. The first-order chi connectivity index (χ1) is 5.86. The Bertz CT molecular complexity index is 356. The van der Waals surface area contributed by atoms with Crippen LogP contribution in [0.5, 0.6) is 5.75 Å². The van der Waals surface area contributed by atoms with Crippen molar-refractivity contribution in [1.29, 1.82) is 0 Å². The molecule has 0 aromatic heterocycles. The minimum absolute atomic E-state index is 0.00458. The zero-order valence-electron chi connectivity index (χ0n) is 6.32. The number of nitrogens with one attached hydrogen (secondary N) is 1. The number of fused-ring (bicyclic) bond motifs is 1. The molecule has 0 saturated carbocycles. The summed E-state index contributed by atoms with van der Waals surface area (Å²) in [7, 11) is 0. The van der Waals surface area contributed by atoms with Crippen molar-refractivity contribution in [2.24, 2.45) is 4.99 Å². The number of hydrogen-bond donors (Lipinski definition) is 1. The van der Waals surface area contributed by atoms with Gasteiger partial charge in [0.2, 0.25) is 0 Å². The van der Waals surface area contributed by atoms with Gasteiger partial charge in [-0.1, -0.05) is 0 Å². The van der Waals surface area contributed by atoms with Gasteiger partial charge in [0.25, 0.3) is 0 Å². The van der Waals surface area contributed by atoms with Gasteiger partial charge in [-0.25, -0.2) is 0 Å². The Morgan fingerprint density at radius 2 is 2.25 bits per heavy atom. The van der Waals surface area contributed by atoms with E-state index in [-0.39, 0.29) is 5.75 Å². The van der Waals surface area contributed by atoms with Gasteiger partial charge in [0.1, 0.15) is 0 Å². The number of benzene rings is 1. The Morgan fingerprint density at radius 1 is 1.33 bits per heavy atom. The van der Waals surface area contributed by atoms with E-state index in [1.165, 1.54) is 6.07 Å². The summed E-state index contributed by atoms with van der Waals surface area (Å²) in [6.45, 7) is 0. The number of hydrogen-bond acceptors (Lipinski definition) is 2. The van der Waals surface area contributed by atoms with Crippen LogP contribution >= 0.6 is 0 Å². The number of nitrogens with zero attached hydrogens (tertiary/aromatic N) is 1. The minimum atomic E-state index is 0.00458. The topological polar surface area (TPSA) is 44.3 Å². The maximum Gasteiger partial charge on any atom is 0.180 e. The summed E-state index contributed by atoms with van der Waals surface area (Å²) in [6.07, 6.45) is 5.05. The molecule has 0 fully saturated rings. The summed E-state index contributed by atoms with van der Waals surface area (Å²) in [5, 5.41) is 13.9. The molecule has 3 nitrogen and oxygen atoms in total. The van der Waals surface area contributed by atoms with Crippen LogP contribution < -0.4 is 5.32 Å². The molecular weight excluding hydrogens is 152 g/mol. The fourth-order valence-electron chi connectivity index (χ4n) is 1.07. The Morgan fingerprint density at radius 3 is 3.17 bits per heavy atom. The van der Waals surface area contributed by atoms with Gasteiger partial charge in [-0.3, -0.25) is 10.1 Å². The van der Waals surface area contributed by atoms with Gasteiger partial charge >= 0.3 is 0 Å². The highest BCUT2D eigenvalue weighted by Crippen LogP contribution is 2.21. The zero-order valence-corrected chi connectivity index (χ0v) is 6.32. The molecule has 0 bridgehead atoms. The van der Waals surface area contributed by atoms with E-state index in [2.05, 4.69) is 10.3 Å². The van der Waals surface area contributed by atoms with Crippen molar-refractivity contribution in [3.8, 4) is 5.75 Å². The Hall–Kier alpha value is -1.77. The fraction of sp³-hybridized carbons (Fsp3) is 0. The third kappa shape index (κ3) is 1.16. The number of aliphatic imine (C=N–C) groups is 1. The van der Waals surface area contributed by atoms with Crippen molar-refractivity contribution in [2.45, 2.75) is 0 Å². The second-order valence-electron chi connectivity index (χ2n) is 2.49. The predicted molar refractivity (Wildman–Crippen MR) is 46.9 cm³/mol. The molecule has 0 saturated heterocycles. The second kappa shape index (κ2) is 2.70. The molecule has 12 heavy (non-hydrogen) atoms. The van der Waals surface area contributed by atoms with Crippen molar-refractivity contribution in [2.75, 3.05) is 5.32 Å². The monoisotopic (exact) mass is 159 g/mol. The molecule has 0 unspecified atom stereocenters. The van der Waals surface area contributed by atoms with E-state index in [9.17, 15) is 5.11 Å². The Kier molecular flexibility index (Phi) is 1.55. The third-order valence-corrected chi connectivity index (χ3v) is 1.64. The van der Waals surface area contributed by atoms with Crippen LogP contribution in [0.1, 0.15) is 5.56 Å². The van der Waals surface area contributed by atoms with Crippen LogP contribution in [0.15, 0.2) is 35.6 Å². The lowest BCUT2D eigenvalue weighted by Gasteiger charge is -2.02. The van der Waals surface area contributed by atoms with Gasteiger partial charge in [-0.15, -0.1) is 0 Å². The molecule has 1 heterocycles. The van der Waals surface area contributed by atoms with Gasteiger partial charge in [0.15, 0.2) is 5.75 Å². The van der Waals surface area contributed by atoms with Gasteiger partial charge in [-0.05, 0) is 12.1 Å². The summed E-state index contributed by atoms with van der Waals surface area (Å²) >= 11 is 0. The highest BCUT2D eigenvalue weighted by atomic mass is 16.3. The molecule has 2 rings (SSSR count). The molecule has 0 atom stereocenters. The van der Waals surface area contributed by atoms with Crippen LogP contribution in [-0.2, 0) is 5.11 Å². The molecule has 0 amide bonds. The maximum absolute atomic E-state index is 10.9. The van der Waals surface area contributed by atoms with Crippen molar-refractivity contribution in [3.05, 3.63) is 36.2 Å². The molecule has 1 aromatic rings. The molecule has 1 radical (unpaired) electrons. The van der Waals surface area contributed by atoms with Crippen LogP contribution in [-0.4, -0.2) is 6.21 Å². The van der Waals surface area contributed by atoms with E-state index < -0.39 is 0 Å². The molecule has 0 aliphatic carbocycles. The van der Waals surface area contributed by atoms with Crippen LogP contribution in [0.25, 0.3) is 0 Å². The van der Waals surface area contributed by atoms with E-state index in [1.807, 2.05) is 0 Å². The first-order valence-corrected chi connectivity index (χ1v) is 3.62. The molecule has 1 aliphatic rings. The SMILES string of the molecule is [O]c1ccc2c(c1)NC=CN=C2. The molecule has 59 valence electrons. The standard InChI is InChI=1S/C9H7N2O/c12-8-2-1-7-6-10-3-4-11-9(7)5-8/h1-6,11H. The second-order valence-corrected chi connectivity index (χ2v) is 2.49. The summed E-state index contributed by atoms with van der Waals surface area (Å²) in [5.74, 6) is 0.00458. The van der Waals surface area contributed by atoms with Crippen molar-refractivity contribution in [3.63, 3.8) is 0 Å². The number of anilines is 1. The molecule has 1 N–H and O–H groups in total. The van der Waals surface area contributed by atoms with Gasteiger partial charge < -0.3 is 5.32 Å². The molecular formula is C9H7N2O. The summed E-state index contributed by atoms with van der Waals surface area (Å²) in [5.41, 5.74) is 1.74. The normalized spacial score (nSPS) is 13.3. The van der Waals surface area contributed by atoms with Crippen molar-refractivity contribution >= 4 is 11.9 Å². The Labute approximate surface area is 70.1 Å². The molecule has 1 aromatic carbocycles. The van der Waals surface area contributed by atoms with Crippen LogP contribution in [0.3, 0.4) is 0 Å². The summed E-state index contributed by atoms with van der Waals surface area (Å²) in [6, 6.07) is 4.83. The lowest BCUT2D eigenvalue weighted by molar-refractivity contribution is 0.355. The quantitative estimate of drug-likeness (QED) is 0.619. The van der Waals surface area contributed by atoms with Gasteiger partial charge in [0, 0.05) is 30.2 Å². The van der Waals surface area contributed by atoms with E-state index in [4.69, 9.17) is 0 Å². The van der Waals surface area contributed by atoms with Crippen LogP contribution in [0.4, 0.5) is 5.69 Å². The fourth-order valence-corrected chi connectivity index (χ4v) is 1.07. The predicted octanol–water partition coefficient (Wildman–Crippen LogP) is 2.15. The summed E-state index contributed by atoms with van der Waals surface area (Å²) < 4.78 is 0. The van der Waals surface area contributed by atoms with Gasteiger partial charge in [0.05, 0.1) is 5.69 Å². The number of rotatable bonds is 0. The molecule has 1 aliphatic heterocycles. The average Bonchev–Trinajstić information content (AvgIpc) is 2.28. The lowest BCUT2D eigenvalue weighted by atomic mass is 10.2. The van der Waals surface area contributed by atoms with Crippen LogP contribution in [0.2, 0.25) is 0 Å². The average molecular weight is 159 g/mol. The largest absolute Gasteiger partial charge is 0.360 e. The highest BCUT2D eigenvalue weighted by Gasteiger charge is 2.01. The Balaban J connectivity index is 2.53. The zero-order chi connectivity index (χ0) is 8.39. The van der Waals surface area contributed by atoms with E-state index in [0.29, 0.717) is 0 Å². The van der Waals surface area contributed by atoms with Crippen LogP contribution in [0, 0.1) is 0 Å². The van der Waals surface area contributed by atoms with Gasteiger partial charge in [-0.2, -0.15) is 0 Å². The minimum Gasteiger partial charge on any atom is -0.360 e. The van der Waals surface area contributed by atoms with Crippen molar-refractivity contribution in [1.82, 2.24) is 0 Å². The van der Waals surface area contributed by atoms with E-state index in [1.54, 1.807) is 30.7 Å². The molecule has 0 spiro atoms. The van der Waals surface area contributed by atoms with Crippen molar-refractivity contribution < 1.29 is 5.11 Å². The smallest absolute Gasteiger partial charge is 0.180 e. The first-order valence-electron chi connectivity index (χ1n) is 3.62. The first kappa shape index (κ1) is 6.91. The lowest BCUT2D eigenvalue weighted by Crippen LogP contribution is -1.90. The van der Waals surface area contributed by atoms with E-state index in [0.717, 1.165) is 11.3 Å². The summed E-state index contributed by atoms with van der Waals surface area (Å²) in [4.78, 5) is 3.97. The molecule has 3 heteroatoms. The maximum atomic E-state index is 10.9.